The summed E-state index contributed by atoms with van der Waals surface area (Å²) in [5, 5.41) is 2.54. The van der Waals surface area contributed by atoms with Crippen molar-refractivity contribution < 1.29 is 4.79 Å². The van der Waals surface area contributed by atoms with Gasteiger partial charge >= 0.3 is 6.03 Å². The van der Waals surface area contributed by atoms with Crippen molar-refractivity contribution in [2.75, 3.05) is 4.90 Å². The van der Waals surface area contributed by atoms with Crippen LogP contribution in [0.15, 0.2) is 28.7 Å². The molecule has 0 aliphatic carbocycles. The van der Waals surface area contributed by atoms with Gasteiger partial charge in [-0.15, -0.1) is 0 Å². The summed E-state index contributed by atoms with van der Waals surface area (Å²) in [6.45, 7) is 1.88. The van der Waals surface area contributed by atoms with E-state index in [4.69, 9.17) is 47.0 Å². The van der Waals surface area contributed by atoms with Gasteiger partial charge in [-0.25, -0.2) is 15.2 Å². The molecule has 114 valence electrons. The molecular formula is C12H11BrCl3N3OS. The Morgan fingerprint density at radius 3 is 2.43 bits per heavy atom. The van der Waals surface area contributed by atoms with Gasteiger partial charge in [-0.05, 0) is 29.6 Å². The van der Waals surface area contributed by atoms with E-state index in [9.17, 15) is 4.79 Å². The third-order valence-electron chi connectivity index (χ3n) is 3.01. The first kappa shape index (κ1) is 17.2. The highest BCUT2D eigenvalue weighted by Crippen LogP contribution is 2.36. The molecule has 2 atom stereocenters. The monoisotopic (exact) mass is 429 g/mol. The second-order valence-corrected chi connectivity index (χ2v) is 7.91. The molecule has 1 fully saturated rings. The number of thiocarbonyl (C=S) groups is 1. The predicted octanol–water partition coefficient (Wildman–Crippen LogP) is 4.49. The number of nitrogens with one attached hydrogen (secondary N) is 1. The van der Waals surface area contributed by atoms with Gasteiger partial charge in [-0.3, -0.25) is 4.90 Å². The maximum absolute atomic E-state index is 12.5. The van der Waals surface area contributed by atoms with E-state index in [1.54, 1.807) is 17.5 Å². The van der Waals surface area contributed by atoms with Gasteiger partial charge in [0.2, 0.25) is 0 Å². The van der Waals surface area contributed by atoms with Gasteiger partial charge in [0, 0.05) is 16.1 Å². The van der Waals surface area contributed by atoms with Gasteiger partial charge in [-0.2, -0.15) is 0 Å². The van der Waals surface area contributed by atoms with Crippen LogP contribution in [0.3, 0.4) is 0 Å². The number of anilines is 1. The van der Waals surface area contributed by atoms with Gasteiger partial charge in [0.15, 0.2) is 0 Å². The summed E-state index contributed by atoms with van der Waals surface area (Å²) in [4.78, 5) is 14.1. The van der Waals surface area contributed by atoms with Crippen molar-refractivity contribution in [3.63, 3.8) is 0 Å². The lowest BCUT2D eigenvalue weighted by Gasteiger charge is -2.25. The van der Waals surface area contributed by atoms with Gasteiger partial charge < -0.3 is 0 Å². The molecular weight excluding hydrogens is 420 g/mol. The van der Waals surface area contributed by atoms with E-state index in [2.05, 4.69) is 21.4 Å². The smallest absolute Gasteiger partial charge is 0.275 e. The van der Waals surface area contributed by atoms with Gasteiger partial charge in [0.1, 0.15) is 6.17 Å². The second kappa shape index (κ2) is 6.56. The number of hydrazine groups is 1. The number of carbonyl (C=O) groups excluding carboxylic acids is 1. The molecule has 1 aromatic carbocycles. The van der Waals surface area contributed by atoms with Crippen LogP contribution in [-0.2, 0) is 0 Å². The maximum atomic E-state index is 12.5. The summed E-state index contributed by atoms with van der Waals surface area (Å²) in [5.74, 6) is -0.120. The average Bonchev–Trinajstić information content (AvgIpc) is 2.76. The summed E-state index contributed by atoms with van der Waals surface area (Å²) in [6, 6.07) is 6.81. The molecule has 2 rings (SSSR count). The van der Waals surface area contributed by atoms with E-state index in [0.29, 0.717) is 5.69 Å². The third-order valence-corrected chi connectivity index (χ3v) is 4.47. The largest absolute Gasteiger partial charge is 0.343 e. The first-order chi connectivity index (χ1) is 9.75. The molecule has 1 aliphatic rings. The fraction of sp³-hybridized carbons (Fsp3) is 0.333. The number of halogens is 4. The summed E-state index contributed by atoms with van der Waals surface area (Å²) in [6.07, 6.45) is -0.424. The highest BCUT2D eigenvalue weighted by atomic mass is 79.9. The standard InChI is InChI=1S/C12H11BrCl3N3OS/c1-7(6-21)10-17-19(12(14,15)16)11(20)18(10)9-4-2-8(13)3-5-9/h2-7,10,17H,1H3. The van der Waals surface area contributed by atoms with Crippen LogP contribution in [0.2, 0.25) is 0 Å². The maximum Gasteiger partial charge on any atom is 0.343 e. The van der Waals surface area contributed by atoms with E-state index < -0.39 is 16.1 Å². The molecule has 0 bridgehead atoms. The Morgan fingerprint density at radius 2 is 1.95 bits per heavy atom. The Bertz CT molecular complexity index is 552. The third kappa shape index (κ3) is 3.63. The highest BCUT2D eigenvalue weighted by molar-refractivity contribution is 9.10. The Labute approximate surface area is 151 Å². The fourth-order valence-electron chi connectivity index (χ4n) is 1.95. The number of rotatable bonds is 3. The number of hydrogen-bond donors (Lipinski definition) is 1. The van der Waals surface area contributed by atoms with Crippen LogP contribution in [0.4, 0.5) is 10.5 Å². The van der Waals surface area contributed by atoms with E-state index in [1.165, 1.54) is 4.90 Å². The minimum Gasteiger partial charge on any atom is -0.275 e. The lowest BCUT2D eigenvalue weighted by Crippen LogP contribution is -2.46. The van der Waals surface area contributed by atoms with E-state index in [0.717, 1.165) is 9.48 Å². The van der Waals surface area contributed by atoms with Crippen molar-refractivity contribution in [2.45, 2.75) is 17.0 Å². The molecule has 21 heavy (non-hydrogen) atoms. The Kier molecular flexibility index (Phi) is 5.39. The van der Waals surface area contributed by atoms with Crippen LogP contribution in [0, 0.1) is 5.92 Å². The van der Waals surface area contributed by atoms with Gasteiger partial charge in [0.25, 0.3) is 3.92 Å². The Balaban J connectivity index is 2.41. The fourth-order valence-corrected chi connectivity index (χ4v) is 2.73. The molecule has 1 aromatic rings. The van der Waals surface area contributed by atoms with Crippen LogP contribution in [0.5, 0.6) is 0 Å². The Hall–Kier alpha value is -0.110. The van der Waals surface area contributed by atoms with Crippen molar-refractivity contribution in [3.8, 4) is 0 Å². The van der Waals surface area contributed by atoms with Crippen molar-refractivity contribution in [1.82, 2.24) is 10.4 Å². The molecule has 2 amide bonds. The first-order valence-electron chi connectivity index (χ1n) is 5.93. The quantitative estimate of drug-likeness (QED) is 0.435. The molecule has 0 aromatic heterocycles. The number of urea groups is 1. The Morgan fingerprint density at radius 1 is 1.38 bits per heavy atom. The lowest BCUT2D eigenvalue weighted by molar-refractivity contribution is 0.196. The zero-order chi connectivity index (χ0) is 15.8. The summed E-state index contributed by atoms with van der Waals surface area (Å²) in [5.41, 5.74) is 3.58. The van der Waals surface area contributed by atoms with E-state index in [1.807, 2.05) is 19.1 Å². The van der Waals surface area contributed by atoms with E-state index >= 15 is 0 Å². The molecule has 1 aliphatic heterocycles. The van der Waals surface area contributed by atoms with Crippen molar-refractivity contribution in [1.29, 1.82) is 0 Å². The van der Waals surface area contributed by atoms with Crippen LogP contribution < -0.4 is 10.3 Å². The zero-order valence-electron chi connectivity index (χ0n) is 10.8. The molecule has 0 saturated carbocycles. The van der Waals surface area contributed by atoms with Gasteiger partial charge in [-0.1, -0.05) is 69.9 Å². The zero-order valence-corrected chi connectivity index (χ0v) is 15.4. The summed E-state index contributed by atoms with van der Waals surface area (Å²) >= 11 is 25.8. The number of nitrogens with zero attached hydrogens (tertiary/aromatic N) is 2. The van der Waals surface area contributed by atoms with Crippen molar-refractivity contribution in [2.24, 2.45) is 5.92 Å². The van der Waals surface area contributed by atoms with Crippen molar-refractivity contribution >= 4 is 80.0 Å². The molecule has 2 unspecified atom stereocenters. The van der Waals surface area contributed by atoms with Crippen LogP contribution in [0.25, 0.3) is 0 Å². The van der Waals surface area contributed by atoms with Gasteiger partial charge in [0.05, 0.1) is 0 Å². The predicted molar refractivity (Wildman–Crippen MR) is 93.9 cm³/mol. The highest BCUT2D eigenvalue weighted by Gasteiger charge is 2.48. The topological polar surface area (TPSA) is 35.6 Å². The number of amides is 2. The van der Waals surface area contributed by atoms with Crippen LogP contribution in [0.1, 0.15) is 6.92 Å². The van der Waals surface area contributed by atoms with E-state index in [-0.39, 0.29) is 5.92 Å². The SMILES string of the molecule is CC(C=S)C1NN(C(Cl)(Cl)Cl)C(=O)N1c1ccc(Br)cc1. The number of benzene rings is 1. The number of carbonyl (C=O) groups is 1. The number of alkyl halides is 3. The van der Waals surface area contributed by atoms with Crippen molar-refractivity contribution in [3.05, 3.63) is 28.7 Å². The summed E-state index contributed by atoms with van der Waals surface area (Å²) in [7, 11) is 0. The first-order valence-corrected chi connectivity index (χ1v) is 8.32. The average molecular weight is 432 g/mol. The lowest BCUT2D eigenvalue weighted by atomic mass is 10.1. The second-order valence-electron chi connectivity index (χ2n) is 4.50. The molecule has 0 radical (unpaired) electrons. The molecule has 9 heteroatoms. The van der Waals surface area contributed by atoms with Crippen LogP contribution in [-0.4, -0.2) is 26.5 Å². The summed E-state index contributed by atoms with van der Waals surface area (Å²) < 4.78 is -0.982. The normalized spacial score (nSPS) is 20.8. The molecule has 1 heterocycles. The minimum absolute atomic E-state index is 0.120. The minimum atomic E-state index is -1.89. The molecule has 1 N–H and O–H groups in total. The molecule has 4 nitrogen and oxygen atoms in total. The number of hydrogen-bond acceptors (Lipinski definition) is 3. The van der Waals surface area contributed by atoms with Crippen LogP contribution >= 0.6 is 63.0 Å². The molecule has 0 spiro atoms. The molecule has 1 saturated heterocycles.